The number of para-hydroxylation sites is 1. The predicted octanol–water partition coefficient (Wildman–Crippen LogP) is 4.83. The molecular formula is C21H21NO3. The van der Waals surface area contributed by atoms with Gasteiger partial charge in [0.25, 0.3) is 5.91 Å². The van der Waals surface area contributed by atoms with Gasteiger partial charge in [-0.15, -0.1) is 0 Å². The summed E-state index contributed by atoms with van der Waals surface area (Å²) in [5, 5.41) is 1.04. The Morgan fingerprint density at radius 1 is 1.24 bits per heavy atom. The van der Waals surface area contributed by atoms with Crippen LogP contribution in [0.1, 0.15) is 29.1 Å². The maximum absolute atomic E-state index is 12.7. The monoisotopic (exact) mass is 335 g/mol. The van der Waals surface area contributed by atoms with E-state index in [4.69, 9.17) is 9.15 Å². The molecule has 128 valence electrons. The Morgan fingerprint density at radius 2 is 1.96 bits per heavy atom. The predicted molar refractivity (Wildman–Crippen MR) is 98.9 cm³/mol. The summed E-state index contributed by atoms with van der Waals surface area (Å²) < 4.78 is 11.3. The molecule has 4 nitrogen and oxygen atoms in total. The zero-order chi connectivity index (χ0) is 17.8. The first-order valence-electron chi connectivity index (χ1n) is 8.19. The molecule has 1 atom stereocenters. The van der Waals surface area contributed by atoms with E-state index >= 15 is 0 Å². The number of carbonyl (C=O) groups is 1. The molecule has 4 heteroatoms. The summed E-state index contributed by atoms with van der Waals surface area (Å²) in [6.45, 7) is 6.01. The lowest BCUT2D eigenvalue weighted by Crippen LogP contribution is -2.29. The van der Waals surface area contributed by atoms with Crippen molar-refractivity contribution < 1.29 is 13.9 Å². The minimum absolute atomic E-state index is 0.0665. The number of fused-ring (bicyclic) bond motifs is 1. The van der Waals surface area contributed by atoms with Crippen molar-refractivity contribution >= 4 is 16.9 Å². The van der Waals surface area contributed by atoms with Gasteiger partial charge in [-0.2, -0.15) is 0 Å². The summed E-state index contributed by atoms with van der Waals surface area (Å²) in [5.74, 6) is 1.41. The summed E-state index contributed by atoms with van der Waals surface area (Å²) in [5.41, 5.74) is 1.44. The molecule has 2 aromatic carbocycles. The average molecular weight is 335 g/mol. The van der Waals surface area contributed by atoms with Gasteiger partial charge < -0.3 is 14.1 Å². The van der Waals surface area contributed by atoms with Gasteiger partial charge in [0.15, 0.2) is 0 Å². The Kier molecular flexibility index (Phi) is 4.89. The van der Waals surface area contributed by atoms with Crippen molar-refractivity contribution in [3.8, 4) is 5.75 Å². The second-order valence-corrected chi connectivity index (χ2v) is 5.90. The molecule has 0 N–H and O–H groups in total. The molecule has 1 amide bonds. The second-order valence-electron chi connectivity index (χ2n) is 5.90. The zero-order valence-corrected chi connectivity index (χ0v) is 14.4. The minimum Gasteiger partial charge on any atom is -0.490 e. The van der Waals surface area contributed by atoms with Gasteiger partial charge >= 0.3 is 0 Å². The van der Waals surface area contributed by atoms with Gasteiger partial charge in [0.2, 0.25) is 0 Å². The maximum Gasteiger partial charge on any atom is 0.254 e. The van der Waals surface area contributed by atoms with Gasteiger partial charge in [-0.05, 0) is 43.3 Å². The molecule has 0 aliphatic heterocycles. The van der Waals surface area contributed by atoms with Crippen LogP contribution in [0.2, 0.25) is 0 Å². The Balaban J connectivity index is 1.75. The van der Waals surface area contributed by atoms with Crippen molar-refractivity contribution in [1.29, 1.82) is 0 Å². The number of hydrogen-bond donors (Lipinski definition) is 0. The molecule has 3 aromatic rings. The van der Waals surface area contributed by atoms with E-state index in [2.05, 4.69) is 6.58 Å². The van der Waals surface area contributed by atoms with E-state index in [-0.39, 0.29) is 11.9 Å². The van der Waals surface area contributed by atoms with Gasteiger partial charge in [0.1, 0.15) is 23.7 Å². The number of carbonyl (C=O) groups excluding carboxylic acids is 1. The van der Waals surface area contributed by atoms with Crippen LogP contribution in [-0.4, -0.2) is 24.5 Å². The highest BCUT2D eigenvalue weighted by Crippen LogP contribution is 2.27. The van der Waals surface area contributed by atoms with Crippen LogP contribution in [-0.2, 0) is 0 Å². The number of hydrogen-bond acceptors (Lipinski definition) is 3. The molecule has 0 fully saturated rings. The van der Waals surface area contributed by atoms with Crippen molar-refractivity contribution in [3.63, 3.8) is 0 Å². The molecule has 1 unspecified atom stereocenters. The van der Waals surface area contributed by atoms with Gasteiger partial charge in [-0.25, -0.2) is 0 Å². The number of nitrogens with zero attached hydrogens (tertiary/aromatic N) is 1. The summed E-state index contributed by atoms with van der Waals surface area (Å²) >= 11 is 0. The number of rotatable bonds is 6. The Bertz CT molecular complexity index is 847. The molecule has 0 aliphatic rings. The van der Waals surface area contributed by atoms with Crippen LogP contribution < -0.4 is 4.74 Å². The van der Waals surface area contributed by atoms with Crippen LogP contribution in [0.15, 0.2) is 71.7 Å². The van der Waals surface area contributed by atoms with Crippen LogP contribution in [0.5, 0.6) is 5.75 Å². The van der Waals surface area contributed by atoms with E-state index < -0.39 is 0 Å². The van der Waals surface area contributed by atoms with Crippen LogP contribution in [0.3, 0.4) is 0 Å². The highest BCUT2D eigenvalue weighted by molar-refractivity contribution is 5.94. The molecule has 0 bridgehead atoms. The van der Waals surface area contributed by atoms with Gasteiger partial charge in [-0.1, -0.05) is 30.9 Å². The topological polar surface area (TPSA) is 42.7 Å². The second kappa shape index (κ2) is 7.26. The summed E-state index contributed by atoms with van der Waals surface area (Å²) in [6.07, 6.45) is 1.68. The number of amides is 1. The normalized spacial score (nSPS) is 11.9. The fraction of sp³-hybridized carbons (Fsp3) is 0.190. The fourth-order valence-electron chi connectivity index (χ4n) is 2.63. The third kappa shape index (κ3) is 3.58. The smallest absolute Gasteiger partial charge is 0.254 e. The number of benzene rings is 2. The molecule has 0 spiro atoms. The molecule has 3 rings (SSSR count). The molecule has 0 saturated heterocycles. The van der Waals surface area contributed by atoms with Crippen molar-refractivity contribution in [2.45, 2.75) is 13.0 Å². The summed E-state index contributed by atoms with van der Waals surface area (Å²) in [7, 11) is 1.78. The highest BCUT2D eigenvalue weighted by Gasteiger charge is 2.21. The lowest BCUT2D eigenvalue weighted by atomic mass is 10.1. The van der Waals surface area contributed by atoms with Crippen molar-refractivity contribution in [2.75, 3.05) is 13.7 Å². The molecule has 1 heterocycles. The minimum atomic E-state index is -0.170. The van der Waals surface area contributed by atoms with Gasteiger partial charge in [0.05, 0.1) is 6.04 Å². The molecule has 0 radical (unpaired) electrons. The Morgan fingerprint density at radius 3 is 2.64 bits per heavy atom. The zero-order valence-electron chi connectivity index (χ0n) is 14.4. The van der Waals surface area contributed by atoms with Gasteiger partial charge in [-0.3, -0.25) is 4.79 Å². The lowest BCUT2D eigenvalue weighted by molar-refractivity contribution is 0.0727. The van der Waals surface area contributed by atoms with Crippen LogP contribution in [0.4, 0.5) is 0 Å². The Labute approximate surface area is 147 Å². The number of ether oxygens (including phenoxy) is 1. The molecular weight excluding hydrogens is 314 g/mol. The highest BCUT2D eigenvalue weighted by atomic mass is 16.5. The van der Waals surface area contributed by atoms with Crippen molar-refractivity contribution in [3.05, 3.63) is 78.6 Å². The average Bonchev–Trinajstić information content (AvgIpc) is 3.09. The SMILES string of the molecule is C=CCOc1ccc(C(=O)N(C)C(C)c2cc3ccccc3o2)cc1. The van der Waals surface area contributed by atoms with E-state index in [0.29, 0.717) is 17.9 Å². The van der Waals surface area contributed by atoms with E-state index in [9.17, 15) is 4.79 Å². The molecule has 25 heavy (non-hydrogen) atoms. The van der Waals surface area contributed by atoms with Crippen LogP contribution in [0.25, 0.3) is 11.0 Å². The maximum atomic E-state index is 12.7. The van der Waals surface area contributed by atoms with E-state index in [1.807, 2.05) is 37.3 Å². The van der Waals surface area contributed by atoms with Gasteiger partial charge in [0, 0.05) is 18.0 Å². The van der Waals surface area contributed by atoms with E-state index in [1.54, 1.807) is 42.3 Å². The number of furan rings is 1. The summed E-state index contributed by atoms with van der Waals surface area (Å²) in [4.78, 5) is 14.4. The van der Waals surface area contributed by atoms with Crippen LogP contribution in [0, 0.1) is 0 Å². The fourth-order valence-corrected chi connectivity index (χ4v) is 2.63. The van der Waals surface area contributed by atoms with Crippen molar-refractivity contribution in [1.82, 2.24) is 4.90 Å². The Hall–Kier alpha value is -3.01. The molecule has 0 saturated carbocycles. The quantitative estimate of drug-likeness (QED) is 0.606. The molecule has 0 aliphatic carbocycles. The molecule has 1 aromatic heterocycles. The first-order valence-corrected chi connectivity index (χ1v) is 8.19. The standard InChI is InChI=1S/C21H21NO3/c1-4-13-24-18-11-9-16(10-12-18)21(23)22(3)15(2)20-14-17-7-5-6-8-19(17)25-20/h4-12,14-15H,1,13H2,2-3H3. The van der Waals surface area contributed by atoms with Crippen molar-refractivity contribution in [2.24, 2.45) is 0 Å². The lowest BCUT2D eigenvalue weighted by Gasteiger charge is -2.23. The van der Waals surface area contributed by atoms with Crippen LogP contribution >= 0.6 is 0 Å². The largest absolute Gasteiger partial charge is 0.490 e. The first-order chi connectivity index (χ1) is 12.1. The summed E-state index contributed by atoms with van der Waals surface area (Å²) in [6, 6.07) is 16.8. The third-order valence-electron chi connectivity index (χ3n) is 4.23. The van der Waals surface area contributed by atoms with E-state index in [1.165, 1.54) is 0 Å². The van der Waals surface area contributed by atoms with E-state index in [0.717, 1.165) is 16.7 Å². The first kappa shape index (κ1) is 16.8. The third-order valence-corrected chi connectivity index (χ3v) is 4.23.